The van der Waals surface area contributed by atoms with Crippen molar-refractivity contribution < 1.29 is 19.1 Å². The summed E-state index contributed by atoms with van der Waals surface area (Å²) in [7, 11) is 0. The number of aromatic nitrogens is 1. The highest BCUT2D eigenvalue weighted by atomic mass is 32.2. The summed E-state index contributed by atoms with van der Waals surface area (Å²) < 4.78 is 10.1. The predicted octanol–water partition coefficient (Wildman–Crippen LogP) is 2.64. The zero-order valence-corrected chi connectivity index (χ0v) is 16.3. The van der Waals surface area contributed by atoms with Crippen LogP contribution >= 0.6 is 11.8 Å². The van der Waals surface area contributed by atoms with E-state index in [2.05, 4.69) is 16.4 Å². The minimum Gasteiger partial charge on any atom is -0.465 e. The Hall–Kier alpha value is -2.79. The zero-order chi connectivity index (χ0) is 19.8. The molecule has 0 fully saturated rings. The lowest BCUT2D eigenvalue weighted by molar-refractivity contribution is -0.140. The van der Waals surface area contributed by atoms with Gasteiger partial charge in [0.2, 0.25) is 0 Å². The average Bonchev–Trinajstić information content (AvgIpc) is 2.66. The summed E-state index contributed by atoms with van der Waals surface area (Å²) in [5, 5.41) is 13.4. The summed E-state index contributed by atoms with van der Waals surface area (Å²) in [5.41, 5.74) is 2.06. The van der Waals surface area contributed by atoms with Gasteiger partial charge in [-0.05, 0) is 38.5 Å². The molecule has 0 spiro atoms. The minimum atomic E-state index is -0.594. The van der Waals surface area contributed by atoms with Crippen molar-refractivity contribution in [2.45, 2.75) is 26.7 Å². The number of thioether (sulfide) groups is 1. The van der Waals surface area contributed by atoms with Crippen LogP contribution in [0.4, 0.5) is 0 Å². The lowest BCUT2D eigenvalue weighted by Crippen LogP contribution is -2.29. The summed E-state index contributed by atoms with van der Waals surface area (Å²) in [5.74, 6) is -1.38. The largest absolute Gasteiger partial charge is 0.465 e. The topological polar surface area (TPSA) is 101 Å². The van der Waals surface area contributed by atoms with E-state index in [9.17, 15) is 14.9 Å². The molecule has 0 aromatic carbocycles. The third kappa shape index (κ3) is 4.89. The van der Waals surface area contributed by atoms with E-state index in [1.165, 1.54) is 11.8 Å². The second-order valence-corrected chi connectivity index (χ2v) is 6.53. The lowest BCUT2D eigenvalue weighted by Gasteiger charge is -2.29. The van der Waals surface area contributed by atoms with Gasteiger partial charge in [-0.2, -0.15) is 5.26 Å². The van der Waals surface area contributed by atoms with Crippen molar-refractivity contribution in [3.05, 3.63) is 52.0 Å². The molecule has 1 unspecified atom stereocenters. The number of hydrogen-bond donors (Lipinski definition) is 1. The predicted molar refractivity (Wildman–Crippen MR) is 101 cm³/mol. The molecule has 1 aromatic rings. The molecule has 0 aliphatic carbocycles. The first-order chi connectivity index (χ1) is 13.0. The van der Waals surface area contributed by atoms with Gasteiger partial charge in [0.05, 0.1) is 47.1 Å². The highest BCUT2D eigenvalue weighted by molar-refractivity contribution is 8.03. The van der Waals surface area contributed by atoms with Crippen LogP contribution in [0, 0.1) is 11.3 Å². The fraction of sp³-hybridized carbons (Fsp3) is 0.368. The monoisotopic (exact) mass is 387 g/mol. The maximum absolute atomic E-state index is 12.6. The highest BCUT2D eigenvalue weighted by Gasteiger charge is 2.35. The van der Waals surface area contributed by atoms with E-state index in [4.69, 9.17) is 9.47 Å². The van der Waals surface area contributed by atoms with Crippen LogP contribution in [0.5, 0.6) is 0 Å². The third-order valence-corrected chi connectivity index (χ3v) is 4.81. The molecule has 0 bridgehead atoms. The third-order valence-electron chi connectivity index (χ3n) is 3.82. The van der Waals surface area contributed by atoms with Crippen LogP contribution in [0.1, 0.15) is 32.3 Å². The maximum Gasteiger partial charge on any atom is 0.336 e. The molecular weight excluding hydrogens is 366 g/mol. The first kappa shape index (κ1) is 20.5. The van der Waals surface area contributed by atoms with E-state index in [0.717, 1.165) is 5.56 Å². The van der Waals surface area contributed by atoms with Crippen LogP contribution in [0.25, 0.3) is 0 Å². The van der Waals surface area contributed by atoms with Crippen molar-refractivity contribution in [1.29, 1.82) is 5.26 Å². The SMILES string of the molecule is CCOC(=O)CSC1=C(C#N)C(c2ccncc2)C(C(=O)OCC)=C(C)N1. The Morgan fingerprint density at radius 2 is 1.93 bits per heavy atom. The lowest BCUT2D eigenvalue weighted by atomic mass is 9.83. The Balaban J connectivity index is 2.46. The normalized spacial score (nSPS) is 16.4. The molecule has 27 heavy (non-hydrogen) atoms. The summed E-state index contributed by atoms with van der Waals surface area (Å²) in [6.07, 6.45) is 3.21. The molecule has 2 heterocycles. The zero-order valence-electron chi connectivity index (χ0n) is 15.4. The van der Waals surface area contributed by atoms with Gasteiger partial charge in [-0.3, -0.25) is 9.78 Å². The van der Waals surface area contributed by atoms with Crippen molar-refractivity contribution in [1.82, 2.24) is 10.3 Å². The van der Waals surface area contributed by atoms with Crippen molar-refractivity contribution in [2.75, 3.05) is 19.0 Å². The van der Waals surface area contributed by atoms with Crippen molar-refractivity contribution in [2.24, 2.45) is 0 Å². The number of pyridine rings is 1. The molecule has 1 atom stereocenters. The van der Waals surface area contributed by atoms with Crippen molar-refractivity contribution >= 4 is 23.7 Å². The van der Waals surface area contributed by atoms with E-state index in [-0.39, 0.29) is 18.3 Å². The molecule has 0 saturated heterocycles. The van der Waals surface area contributed by atoms with Gasteiger partial charge < -0.3 is 14.8 Å². The van der Waals surface area contributed by atoms with E-state index >= 15 is 0 Å². The fourth-order valence-electron chi connectivity index (χ4n) is 2.73. The maximum atomic E-state index is 12.6. The minimum absolute atomic E-state index is 0.0619. The van der Waals surface area contributed by atoms with Crippen LogP contribution in [0.3, 0.4) is 0 Å². The molecule has 8 heteroatoms. The Kier molecular flexibility index (Phi) is 7.44. The van der Waals surface area contributed by atoms with Crippen LogP contribution < -0.4 is 5.32 Å². The Morgan fingerprint density at radius 1 is 1.26 bits per heavy atom. The van der Waals surface area contributed by atoms with Gasteiger partial charge >= 0.3 is 11.9 Å². The number of rotatable bonds is 7. The standard InChI is InChI=1S/C19H21N3O4S/c1-4-25-15(23)11-27-18-14(10-20)17(13-6-8-21-9-7-13)16(12(3)22-18)19(24)26-5-2/h6-9,17,22H,4-5,11H2,1-3H3. The molecular formula is C19H21N3O4S. The number of allylic oxidation sites excluding steroid dienone is 2. The summed E-state index contributed by atoms with van der Waals surface area (Å²) >= 11 is 1.18. The second-order valence-electron chi connectivity index (χ2n) is 5.55. The van der Waals surface area contributed by atoms with Crippen LogP contribution in [0.2, 0.25) is 0 Å². The smallest absolute Gasteiger partial charge is 0.336 e. The van der Waals surface area contributed by atoms with Gasteiger partial charge in [-0.1, -0.05) is 11.8 Å². The van der Waals surface area contributed by atoms with Gasteiger partial charge in [0, 0.05) is 18.1 Å². The van der Waals surface area contributed by atoms with Gasteiger partial charge in [0.15, 0.2) is 0 Å². The van der Waals surface area contributed by atoms with E-state index in [1.54, 1.807) is 45.3 Å². The molecule has 1 aliphatic rings. The Labute approximate surface area is 162 Å². The van der Waals surface area contributed by atoms with E-state index < -0.39 is 11.9 Å². The first-order valence-electron chi connectivity index (χ1n) is 8.50. The fourth-order valence-corrected chi connectivity index (χ4v) is 3.62. The van der Waals surface area contributed by atoms with E-state index in [1.807, 2.05) is 0 Å². The Morgan fingerprint density at radius 3 is 2.52 bits per heavy atom. The summed E-state index contributed by atoms with van der Waals surface area (Å²) in [6.45, 7) is 5.74. The highest BCUT2D eigenvalue weighted by Crippen LogP contribution is 2.40. The molecule has 1 aromatic heterocycles. The molecule has 142 valence electrons. The second kappa shape index (κ2) is 9.78. The van der Waals surface area contributed by atoms with Gasteiger partial charge in [-0.25, -0.2) is 4.79 Å². The number of dihydropyridines is 1. The number of nitriles is 1. The van der Waals surface area contributed by atoms with Crippen LogP contribution in [-0.2, 0) is 19.1 Å². The van der Waals surface area contributed by atoms with Crippen molar-refractivity contribution in [3.8, 4) is 6.07 Å². The molecule has 0 radical (unpaired) electrons. The van der Waals surface area contributed by atoms with Crippen molar-refractivity contribution in [3.63, 3.8) is 0 Å². The quantitative estimate of drug-likeness (QED) is 0.713. The van der Waals surface area contributed by atoms with Gasteiger partial charge in [0.1, 0.15) is 0 Å². The first-order valence-corrected chi connectivity index (χ1v) is 9.49. The number of hydrogen-bond acceptors (Lipinski definition) is 8. The van der Waals surface area contributed by atoms with Crippen LogP contribution in [-0.4, -0.2) is 35.9 Å². The average molecular weight is 387 g/mol. The molecule has 0 saturated carbocycles. The number of esters is 2. The summed E-state index contributed by atoms with van der Waals surface area (Å²) in [6, 6.07) is 5.70. The van der Waals surface area contributed by atoms with Gasteiger partial charge in [-0.15, -0.1) is 0 Å². The number of carbonyl (C=O) groups is 2. The van der Waals surface area contributed by atoms with E-state index in [0.29, 0.717) is 28.5 Å². The number of nitrogens with zero attached hydrogens (tertiary/aromatic N) is 2. The number of carbonyl (C=O) groups excluding carboxylic acids is 2. The molecule has 1 N–H and O–H groups in total. The summed E-state index contributed by atoms with van der Waals surface area (Å²) in [4.78, 5) is 28.3. The van der Waals surface area contributed by atoms with Gasteiger partial charge in [0.25, 0.3) is 0 Å². The Bertz CT molecular complexity index is 812. The number of ether oxygens (including phenoxy) is 2. The van der Waals surface area contributed by atoms with Crippen LogP contribution in [0.15, 0.2) is 46.4 Å². The number of nitrogens with one attached hydrogen (secondary N) is 1. The molecule has 7 nitrogen and oxygen atoms in total. The molecule has 0 amide bonds. The molecule has 2 rings (SSSR count). The molecule has 1 aliphatic heterocycles.